The highest BCUT2D eigenvalue weighted by Gasteiger charge is 2.17. The fraction of sp³-hybridized carbons (Fsp3) is 0.0400. The van der Waals surface area contributed by atoms with Gasteiger partial charge in [0.15, 0.2) is 12.7 Å². The molecule has 0 bridgehead atoms. The van der Waals surface area contributed by atoms with Crippen molar-refractivity contribution in [3.8, 4) is 11.6 Å². The van der Waals surface area contributed by atoms with Crippen LogP contribution in [0, 0.1) is 0 Å². The smallest absolute Gasteiger partial charge is 0.392 e. The van der Waals surface area contributed by atoms with Gasteiger partial charge in [-0.25, -0.2) is 4.98 Å². The van der Waals surface area contributed by atoms with Gasteiger partial charge in [0.2, 0.25) is 0 Å². The zero-order valence-electron chi connectivity index (χ0n) is 15.3. The molecule has 0 aliphatic rings. The molecule has 0 aliphatic heterocycles. The Bertz CT molecular complexity index is 1210. The molecule has 0 saturated heterocycles. The molecular formula is C25H19N2O+. The lowest BCUT2D eigenvalue weighted by Gasteiger charge is -2.12. The maximum Gasteiger partial charge on any atom is 0.392 e. The third kappa shape index (κ3) is 3.08. The number of benzene rings is 4. The number of aromatic nitrogens is 2. The number of fused-ring (bicyclic) bond motifs is 2. The van der Waals surface area contributed by atoms with Crippen molar-refractivity contribution in [2.75, 3.05) is 0 Å². The zero-order valence-corrected chi connectivity index (χ0v) is 15.3. The Morgan fingerprint density at radius 1 is 0.750 bits per heavy atom. The predicted molar refractivity (Wildman–Crippen MR) is 112 cm³/mol. The van der Waals surface area contributed by atoms with Crippen molar-refractivity contribution >= 4 is 21.5 Å². The molecule has 0 unspecified atom stereocenters. The molecule has 0 amide bonds. The molecule has 4 aromatic carbocycles. The number of nitrogens with zero attached hydrogens (tertiary/aromatic N) is 2. The van der Waals surface area contributed by atoms with E-state index in [0.29, 0.717) is 5.88 Å². The maximum atomic E-state index is 6.51. The average molecular weight is 363 g/mol. The van der Waals surface area contributed by atoms with E-state index >= 15 is 0 Å². The quantitative estimate of drug-likeness (QED) is 0.310. The van der Waals surface area contributed by atoms with Crippen LogP contribution in [0.5, 0.6) is 11.6 Å². The summed E-state index contributed by atoms with van der Waals surface area (Å²) >= 11 is 0. The lowest BCUT2D eigenvalue weighted by Crippen LogP contribution is -2.35. The Hall–Kier alpha value is -3.72. The third-order valence-electron chi connectivity index (χ3n) is 4.92. The van der Waals surface area contributed by atoms with Gasteiger partial charge in [-0.2, -0.15) is 4.57 Å². The van der Waals surface area contributed by atoms with Crippen molar-refractivity contribution in [2.24, 2.45) is 0 Å². The monoisotopic (exact) mass is 363 g/mol. The van der Waals surface area contributed by atoms with Crippen LogP contribution in [0.1, 0.15) is 5.56 Å². The number of hydrogen-bond acceptors (Lipinski definition) is 2. The Morgan fingerprint density at radius 2 is 1.39 bits per heavy atom. The standard InChI is InChI=1S/C25H19N2O/c1-2-8-19(9-3-1)18-27-15-14-26-17-24(27)28-25-22-12-6-4-10-20(22)16-21-11-5-7-13-23(21)25/h1-17H,18H2/q+1. The van der Waals surface area contributed by atoms with Crippen LogP contribution in [0.2, 0.25) is 0 Å². The summed E-state index contributed by atoms with van der Waals surface area (Å²) in [5, 5.41) is 4.51. The van der Waals surface area contributed by atoms with Gasteiger partial charge in [0.05, 0.1) is 6.20 Å². The second-order valence-corrected chi connectivity index (χ2v) is 6.78. The molecule has 0 spiro atoms. The van der Waals surface area contributed by atoms with Crippen molar-refractivity contribution in [1.82, 2.24) is 4.98 Å². The number of hydrogen-bond donors (Lipinski definition) is 0. The first kappa shape index (κ1) is 16.5. The summed E-state index contributed by atoms with van der Waals surface area (Å²) in [6.45, 7) is 0.724. The SMILES string of the molecule is c1ccc(C[n+]2ccncc2Oc2c3ccccc3cc3ccccc23)cc1. The normalized spacial score (nSPS) is 11.0. The minimum absolute atomic E-state index is 0.716. The van der Waals surface area contributed by atoms with E-state index in [1.165, 1.54) is 5.56 Å². The van der Waals surface area contributed by atoms with Crippen LogP contribution in [-0.2, 0) is 6.54 Å². The molecule has 1 aromatic heterocycles. The fourth-order valence-corrected chi connectivity index (χ4v) is 3.56. The molecule has 28 heavy (non-hydrogen) atoms. The lowest BCUT2D eigenvalue weighted by atomic mass is 10.0. The predicted octanol–water partition coefficient (Wildman–Crippen LogP) is 5.52. The van der Waals surface area contributed by atoms with E-state index in [1.807, 2.05) is 24.4 Å². The molecule has 134 valence electrons. The summed E-state index contributed by atoms with van der Waals surface area (Å²) in [4.78, 5) is 4.30. The van der Waals surface area contributed by atoms with Crippen LogP contribution in [-0.4, -0.2) is 4.98 Å². The maximum absolute atomic E-state index is 6.51. The summed E-state index contributed by atoms with van der Waals surface area (Å²) in [5.41, 5.74) is 1.21. The van der Waals surface area contributed by atoms with Gasteiger partial charge < -0.3 is 4.74 Å². The van der Waals surface area contributed by atoms with E-state index in [1.54, 1.807) is 12.4 Å². The van der Waals surface area contributed by atoms with Crippen molar-refractivity contribution in [2.45, 2.75) is 6.54 Å². The first-order chi connectivity index (χ1) is 13.9. The second-order valence-electron chi connectivity index (χ2n) is 6.78. The van der Waals surface area contributed by atoms with Crippen LogP contribution in [0.4, 0.5) is 0 Å². The first-order valence-electron chi connectivity index (χ1n) is 9.34. The van der Waals surface area contributed by atoms with Crippen molar-refractivity contribution in [1.29, 1.82) is 0 Å². The van der Waals surface area contributed by atoms with Crippen LogP contribution in [0.3, 0.4) is 0 Å². The van der Waals surface area contributed by atoms with Gasteiger partial charge in [-0.15, -0.1) is 0 Å². The van der Waals surface area contributed by atoms with Gasteiger partial charge in [0.1, 0.15) is 11.9 Å². The molecule has 0 atom stereocenters. The Kier molecular flexibility index (Phi) is 4.19. The van der Waals surface area contributed by atoms with E-state index in [-0.39, 0.29) is 0 Å². The minimum atomic E-state index is 0.716. The molecule has 0 aliphatic carbocycles. The van der Waals surface area contributed by atoms with Crippen LogP contribution >= 0.6 is 0 Å². The van der Waals surface area contributed by atoms with Crippen LogP contribution in [0.15, 0.2) is 104 Å². The molecule has 0 fully saturated rings. The van der Waals surface area contributed by atoms with Gasteiger partial charge in [-0.3, -0.25) is 0 Å². The zero-order chi connectivity index (χ0) is 18.8. The van der Waals surface area contributed by atoms with E-state index in [9.17, 15) is 0 Å². The first-order valence-corrected chi connectivity index (χ1v) is 9.34. The molecule has 3 nitrogen and oxygen atoms in total. The van der Waals surface area contributed by atoms with Crippen LogP contribution < -0.4 is 9.30 Å². The number of ether oxygens (including phenoxy) is 1. The summed E-state index contributed by atoms with van der Waals surface area (Å²) < 4.78 is 8.59. The van der Waals surface area contributed by atoms with Gasteiger partial charge in [-0.05, 0) is 16.8 Å². The highest BCUT2D eigenvalue weighted by molar-refractivity contribution is 6.05. The van der Waals surface area contributed by atoms with E-state index in [2.05, 4.69) is 76.3 Å². The van der Waals surface area contributed by atoms with Gasteiger partial charge >= 0.3 is 5.88 Å². The van der Waals surface area contributed by atoms with Crippen molar-refractivity contribution in [3.63, 3.8) is 0 Å². The molecule has 0 saturated carbocycles. The summed E-state index contributed by atoms with van der Waals surface area (Å²) in [6.07, 6.45) is 5.52. The average Bonchev–Trinajstić information content (AvgIpc) is 2.75. The Labute approximate surface area is 163 Å². The second kappa shape index (κ2) is 7.12. The lowest BCUT2D eigenvalue weighted by molar-refractivity contribution is -0.692. The summed E-state index contributed by atoms with van der Waals surface area (Å²) in [7, 11) is 0. The molecular weight excluding hydrogens is 344 g/mol. The molecule has 5 rings (SSSR count). The molecule has 5 aromatic rings. The van der Waals surface area contributed by atoms with E-state index < -0.39 is 0 Å². The molecule has 3 heteroatoms. The Morgan fingerprint density at radius 3 is 2.11 bits per heavy atom. The summed E-state index contributed by atoms with van der Waals surface area (Å²) in [6, 6.07) is 29.2. The molecule has 1 heterocycles. The van der Waals surface area contributed by atoms with Crippen molar-refractivity contribution < 1.29 is 9.30 Å². The highest BCUT2D eigenvalue weighted by Crippen LogP contribution is 2.36. The minimum Gasteiger partial charge on any atom is -0.403 e. The topological polar surface area (TPSA) is 26.0 Å². The number of rotatable bonds is 4. The van der Waals surface area contributed by atoms with Crippen LogP contribution in [0.25, 0.3) is 21.5 Å². The van der Waals surface area contributed by atoms with Gasteiger partial charge in [0.25, 0.3) is 0 Å². The fourth-order valence-electron chi connectivity index (χ4n) is 3.56. The molecule has 0 N–H and O–H groups in total. The van der Waals surface area contributed by atoms with E-state index in [4.69, 9.17) is 4.74 Å². The van der Waals surface area contributed by atoms with Crippen molar-refractivity contribution in [3.05, 3.63) is 109 Å². The highest BCUT2D eigenvalue weighted by atomic mass is 16.5. The van der Waals surface area contributed by atoms with Gasteiger partial charge in [-0.1, -0.05) is 78.9 Å². The van der Waals surface area contributed by atoms with Gasteiger partial charge in [0, 0.05) is 16.3 Å². The Balaban J connectivity index is 1.64. The van der Waals surface area contributed by atoms with E-state index in [0.717, 1.165) is 33.8 Å². The summed E-state index contributed by atoms with van der Waals surface area (Å²) in [5.74, 6) is 1.58. The largest absolute Gasteiger partial charge is 0.403 e. The molecule has 0 radical (unpaired) electrons. The third-order valence-corrected chi connectivity index (χ3v) is 4.92.